The summed E-state index contributed by atoms with van der Waals surface area (Å²) in [4.78, 5) is 35.8. The van der Waals surface area contributed by atoms with Gasteiger partial charge in [0.25, 0.3) is 11.6 Å². The summed E-state index contributed by atoms with van der Waals surface area (Å²) >= 11 is 5.79. The topological polar surface area (TPSA) is 122 Å². The Morgan fingerprint density at radius 3 is 2.53 bits per heavy atom. The third-order valence-electron chi connectivity index (χ3n) is 5.15. The van der Waals surface area contributed by atoms with E-state index in [4.69, 9.17) is 16.3 Å². The van der Waals surface area contributed by atoms with Crippen LogP contribution in [0.25, 0.3) is 16.8 Å². The first-order valence-corrected chi connectivity index (χ1v) is 10.9. The highest BCUT2D eigenvalue weighted by molar-refractivity contribution is 6.32. The van der Waals surface area contributed by atoms with Crippen molar-refractivity contribution in [1.82, 2.24) is 0 Å². The van der Waals surface area contributed by atoms with Crippen LogP contribution in [-0.4, -0.2) is 16.8 Å². The maximum Gasteiger partial charge on any atom is 0.344 e. The van der Waals surface area contributed by atoms with Crippen LogP contribution in [0.2, 0.25) is 5.02 Å². The molecule has 0 radical (unpaired) electrons. The van der Waals surface area contributed by atoms with Crippen LogP contribution in [0.15, 0.2) is 90.5 Å². The van der Waals surface area contributed by atoms with Crippen molar-refractivity contribution in [3.63, 3.8) is 0 Å². The van der Waals surface area contributed by atoms with Crippen molar-refractivity contribution >= 4 is 51.7 Å². The van der Waals surface area contributed by atoms with Gasteiger partial charge < -0.3 is 10.1 Å². The Hall–Kier alpha value is -5.00. The normalized spacial score (nSPS) is 10.9. The average molecular weight is 498 g/mol. The predicted octanol–water partition coefficient (Wildman–Crippen LogP) is 6.17. The van der Waals surface area contributed by atoms with Crippen LogP contribution >= 0.6 is 11.6 Å². The van der Waals surface area contributed by atoms with E-state index in [1.165, 1.54) is 24.3 Å². The first kappa shape index (κ1) is 24.1. The molecule has 176 valence electrons. The number of esters is 1. The fourth-order valence-electron chi connectivity index (χ4n) is 3.48. The number of carbonyl (C=O) groups excluding carboxylic acids is 2. The Morgan fingerprint density at radius 2 is 1.75 bits per heavy atom. The lowest BCUT2D eigenvalue weighted by Crippen LogP contribution is -2.13. The number of benzene rings is 4. The zero-order valence-electron chi connectivity index (χ0n) is 18.5. The van der Waals surface area contributed by atoms with E-state index in [0.717, 1.165) is 16.8 Å². The first-order chi connectivity index (χ1) is 17.4. The second kappa shape index (κ2) is 10.5. The number of rotatable bonds is 6. The molecule has 0 heterocycles. The number of amides is 1. The fourth-order valence-corrected chi connectivity index (χ4v) is 3.66. The summed E-state index contributed by atoms with van der Waals surface area (Å²) in [6.45, 7) is 0. The molecule has 0 saturated carbocycles. The van der Waals surface area contributed by atoms with Gasteiger partial charge in [0.05, 0.1) is 10.5 Å². The molecule has 0 saturated heterocycles. The number of nitrogens with zero attached hydrogens (tertiary/aromatic N) is 2. The highest BCUT2D eigenvalue weighted by atomic mass is 35.5. The number of halogens is 1. The van der Waals surface area contributed by atoms with Gasteiger partial charge in [-0.25, -0.2) is 4.79 Å². The van der Waals surface area contributed by atoms with Crippen LogP contribution in [0.5, 0.6) is 5.75 Å². The minimum absolute atomic E-state index is 0.0797. The van der Waals surface area contributed by atoms with Gasteiger partial charge in [0.15, 0.2) is 0 Å². The monoisotopic (exact) mass is 497 g/mol. The summed E-state index contributed by atoms with van der Waals surface area (Å²) in [5, 5.41) is 24.6. The van der Waals surface area contributed by atoms with E-state index >= 15 is 0 Å². The number of hydrogen-bond donors (Lipinski definition) is 1. The molecule has 1 N–H and O–H groups in total. The zero-order valence-corrected chi connectivity index (χ0v) is 19.2. The number of nitriles is 1. The second-order valence-electron chi connectivity index (χ2n) is 7.54. The fraction of sp³-hybridized carbons (Fsp3) is 0. The van der Waals surface area contributed by atoms with Gasteiger partial charge in [-0.3, -0.25) is 14.9 Å². The number of ether oxygens (including phenoxy) is 1. The van der Waals surface area contributed by atoms with Crippen molar-refractivity contribution in [1.29, 1.82) is 5.26 Å². The number of hydrogen-bond acceptors (Lipinski definition) is 6. The van der Waals surface area contributed by atoms with Gasteiger partial charge in [0.2, 0.25) is 0 Å². The van der Waals surface area contributed by atoms with E-state index in [-0.39, 0.29) is 27.7 Å². The summed E-state index contributed by atoms with van der Waals surface area (Å²) in [6, 6.07) is 24.7. The van der Waals surface area contributed by atoms with Crippen LogP contribution in [0, 0.1) is 21.4 Å². The van der Waals surface area contributed by atoms with E-state index in [0.29, 0.717) is 11.1 Å². The highest BCUT2D eigenvalue weighted by Gasteiger charge is 2.16. The van der Waals surface area contributed by atoms with Crippen molar-refractivity contribution in [3.8, 4) is 11.8 Å². The van der Waals surface area contributed by atoms with E-state index in [1.54, 1.807) is 36.4 Å². The number of nitro benzene ring substituents is 1. The third-order valence-corrected chi connectivity index (χ3v) is 5.47. The first-order valence-electron chi connectivity index (χ1n) is 10.5. The molecule has 8 nitrogen and oxygen atoms in total. The summed E-state index contributed by atoms with van der Waals surface area (Å²) < 4.78 is 5.54. The Bertz CT molecular complexity index is 1580. The van der Waals surface area contributed by atoms with E-state index in [1.807, 2.05) is 30.3 Å². The van der Waals surface area contributed by atoms with E-state index in [2.05, 4.69) is 5.32 Å². The van der Waals surface area contributed by atoms with Crippen molar-refractivity contribution in [2.24, 2.45) is 0 Å². The molecule has 0 aliphatic heterocycles. The Kier molecular flexibility index (Phi) is 7.04. The van der Waals surface area contributed by atoms with Crippen molar-refractivity contribution < 1.29 is 19.2 Å². The molecule has 0 aliphatic carbocycles. The number of carbonyl (C=O) groups is 2. The molecule has 0 atom stereocenters. The SMILES string of the molecule is N#C/C(=C\c1cccc(OC(=O)c2cccc3ccccc23)c1)C(=O)Nc1ccc(Cl)c([N+](=O)[O-])c1. The van der Waals surface area contributed by atoms with Crippen LogP contribution in [0.4, 0.5) is 11.4 Å². The largest absolute Gasteiger partial charge is 0.423 e. The molecular weight excluding hydrogens is 482 g/mol. The summed E-state index contributed by atoms with van der Waals surface area (Å²) in [5.41, 5.74) is 0.313. The molecule has 0 unspecified atom stereocenters. The third kappa shape index (κ3) is 5.38. The van der Waals surface area contributed by atoms with Gasteiger partial charge in [0.1, 0.15) is 22.4 Å². The molecule has 4 aromatic rings. The van der Waals surface area contributed by atoms with Crippen LogP contribution < -0.4 is 10.1 Å². The molecule has 4 aromatic carbocycles. The number of fused-ring (bicyclic) bond motifs is 1. The van der Waals surface area contributed by atoms with Gasteiger partial charge in [-0.05, 0) is 52.7 Å². The smallest absolute Gasteiger partial charge is 0.344 e. The summed E-state index contributed by atoms with van der Waals surface area (Å²) in [7, 11) is 0. The average Bonchev–Trinajstić information content (AvgIpc) is 2.88. The maximum absolute atomic E-state index is 12.8. The molecular formula is C27H16ClN3O5. The minimum Gasteiger partial charge on any atom is -0.423 e. The molecule has 1 amide bonds. The van der Waals surface area contributed by atoms with Crippen molar-refractivity contribution in [3.05, 3.63) is 117 Å². The molecule has 0 spiro atoms. The summed E-state index contributed by atoms with van der Waals surface area (Å²) in [5.74, 6) is -1.09. The molecule has 0 fully saturated rings. The zero-order chi connectivity index (χ0) is 25.7. The Balaban J connectivity index is 1.54. The van der Waals surface area contributed by atoms with E-state index in [9.17, 15) is 25.0 Å². The lowest BCUT2D eigenvalue weighted by Gasteiger charge is -2.08. The Morgan fingerprint density at radius 1 is 1.00 bits per heavy atom. The van der Waals surface area contributed by atoms with E-state index < -0.39 is 16.8 Å². The predicted molar refractivity (Wildman–Crippen MR) is 136 cm³/mol. The lowest BCUT2D eigenvalue weighted by atomic mass is 10.0. The standard InChI is InChI=1S/C27H16ClN3O5/c28-24-12-11-20(15-25(24)31(34)35)30-26(32)19(16-29)13-17-5-3-8-21(14-17)36-27(33)23-10-4-7-18-6-1-2-9-22(18)23/h1-15H,(H,30,32)/b19-13+. The van der Waals surface area contributed by atoms with Crippen LogP contribution in [-0.2, 0) is 4.79 Å². The molecule has 9 heteroatoms. The molecule has 0 aliphatic rings. The van der Waals surface area contributed by atoms with Crippen molar-refractivity contribution in [2.75, 3.05) is 5.32 Å². The maximum atomic E-state index is 12.8. The van der Waals surface area contributed by atoms with Gasteiger partial charge in [0, 0.05) is 11.8 Å². The molecule has 0 aromatic heterocycles. The number of nitrogens with one attached hydrogen (secondary N) is 1. The molecule has 36 heavy (non-hydrogen) atoms. The van der Waals surface area contributed by atoms with Gasteiger partial charge >= 0.3 is 5.97 Å². The molecule has 4 rings (SSSR count). The number of nitro groups is 1. The number of anilines is 1. The Labute approximate surface area is 210 Å². The van der Waals surface area contributed by atoms with Gasteiger partial charge in [-0.2, -0.15) is 5.26 Å². The molecule has 0 bridgehead atoms. The lowest BCUT2D eigenvalue weighted by molar-refractivity contribution is -0.384. The van der Waals surface area contributed by atoms with Gasteiger partial charge in [-0.1, -0.05) is 60.1 Å². The van der Waals surface area contributed by atoms with Crippen LogP contribution in [0.3, 0.4) is 0 Å². The summed E-state index contributed by atoms with van der Waals surface area (Å²) in [6.07, 6.45) is 1.31. The quantitative estimate of drug-likeness (QED) is 0.0848. The second-order valence-corrected chi connectivity index (χ2v) is 7.94. The van der Waals surface area contributed by atoms with Crippen molar-refractivity contribution in [2.45, 2.75) is 0 Å². The van der Waals surface area contributed by atoms with Gasteiger partial charge in [-0.15, -0.1) is 0 Å². The van der Waals surface area contributed by atoms with Crippen LogP contribution in [0.1, 0.15) is 15.9 Å². The minimum atomic E-state index is -0.771. The highest BCUT2D eigenvalue weighted by Crippen LogP contribution is 2.28.